The summed E-state index contributed by atoms with van der Waals surface area (Å²) >= 11 is 3.34. The van der Waals surface area contributed by atoms with E-state index in [-0.39, 0.29) is 0 Å². The number of carbonyl (C=O) groups is 1. The zero-order chi connectivity index (χ0) is 16.1. The molecule has 0 aliphatic heterocycles. The topological polar surface area (TPSA) is 35.5 Å². The molecule has 4 heteroatoms. The summed E-state index contributed by atoms with van der Waals surface area (Å²) in [6, 6.07) is 23.6. The Kier molecular flexibility index (Phi) is 4.74. The van der Waals surface area contributed by atoms with Gasteiger partial charge in [-0.2, -0.15) is 0 Å². The zero-order valence-electron chi connectivity index (χ0n) is 12.1. The highest BCUT2D eigenvalue weighted by molar-refractivity contribution is 9.10. The van der Waals surface area contributed by atoms with Gasteiger partial charge in [0.1, 0.15) is 17.2 Å². The molecule has 0 saturated carbocycles. The van der Waals surface area contributed by atoms with E-state index < -0.39 is 5.97 Å². The summed E-state index contributed by atoms with van der Waals surface area (Å²) in [5.74, 6) is 1.49. The number of esters is 1. The molecule has 0 bridgehead atoms. The monoisotopic (exact) mass is 368 g/mol. The Hall–Kier alpha value is -2.59. The van der Waals surface area contributed by atoms with Gasteiger partial charge in [0.15, 0.2) is 0 Å². The van der Waals surface area contributed by atoms with Crippen LogP contribution in [0.3, 0.4) is 0 Å². The lowest BCUT2D eigenvalue weighted by Crippen LogP contribution is -2.08. The summed E-state index contributed by atoms with van der Waals surface area (Å²) in [6.45, 7) is 0. The van der Waals surface area contributed by atoms with Gasteiger partial charge in [0.25, 0.3) is 0 Å². The third-order valence-corrected chi connectivity index (χ3v) is 3.80. The maximum Gasteiger partial charge on any atom is 0.344 e. The van der Waals surface area contributed by atoms with Crippen LogP contribution in [0.15, 0.2) is 83.3 Å². The fourth-order valence-corrected chi connectivity index (χ4v) is 2.44. The smallest absolute Gasteiger partial charge is 0.344 e. The highest BCUT2D eigenvalue weighted by Crippen LogP contribution is 2.24. The number of halogens is 1. The van der Waals surface area contributed by atoms with E-state index in [1.807, 2.05) is 36.4 Å². The molecule has 0 aliphatic carbocycles. The summed E-state index contributed by atoms with van der Waals surface area (Å²) in [5, 5.41) is 0. The lowest BCUT2D eigenvalue weighted by atomic mass is 10.2. The number of hydrogen-bond acceptors (Lipinski definition) is 3. The molecular weight excluding hydrogens is 356 g/mol. The van der Waals surface area contributed by atoms with Gasteiger partial charge >= 0.3 is 5.97 Å². The van der Waals surface area contributed by atoms with Crippen LogP contribution in [0.25, 0.3) is 0 Å². The molecule has 0 aliphatic rings. The summed E-state index contributed by atoms with van der Waals surface area (Å²) in [5.41, 5.74) is 0.483. The first-order chi connectivity index (χ1) is 11.2. The van der Waals surface area contributed by atoms with Crippen molar-refractivity contribution in [3.8, 4) is 17.2 Å². The van der Waals surface area contributed by atoms with Crippen LogP contribution in [0.4, 0.5) is 0 Å². The quantitative estimate of drug-likeness (QED) is 0.453. The number of rotatable bonds is 4. The van der Waals surface area contributed by atoms with Crippen molar-refractivity contribution in [2.24, 2.45) is 0 Å². The fourth-order valence-electron chi connectivity index (χ4n) is 1.99. The first kappa shape index (κ1) is 15.3. The minimum absolute atomic E-state index is 0.408. The predicted octanol–water partition coefficient (Wildman–Crippen LogP) is 5.46. The Bertz CT molecular complexity index is 798. The molecule has 0 saturated heterocycles. The number of para-hydroxylation sites is 1. The van der Waals surface area contributed by atoms with Crippen molar-refractivity contribution in [1.82, 2.24) is 0 Å². The normalized spacial score (nSPS) is 10.1. The lowest BCUT2D eigenvalue weighted by Gasteiger charge is -2.08. The SMILES string of the molecule is O=C(Oc1ccc(Oc2ccccc2)cc1)c1ccccc1Br. The van der Waals surface area contributed by atoms with Crippen molar-refractivity contribution in [1.29, 1.82) is 0 Å². The largest absolute Gasteiger partial charge is 0.457 e. The van der Waals surface area contributed by atoms with Gasteiger partial charge in [-0.1, -0.05) is 30.3 Å². The average molecular weight is 369 g/mol. The van der Waals surface area contributed by atoms with Crippen LogP contribution < -0.4 is 9.47 Å². The van der Waals surface area contributed by atoms with Gasteiger partial charge < -0.3 is 9.47 Å². The first-order valence-corrected chi connectivity index (χ1v) is 7.81. The van der Waals surface area contributed by atoms with E-state index in [0.717, 1.165) is 5.75 Å². The van der Waals surface area contributed by atoms with Crippen LogP contribution in [0, 0.1) is 0 Å². The molecule has 114 valence electrons. The Morgan fingerprint density at radius 3 is 1.96 bits per heavy atom. The Morgan fingerprint density at radius 1 is 0.696 bits per heavy atom. The molecule has 0 aromatic heterocycles. The zero-order valence-corrected chi connectivity index (χ0v) is 13.7. The van der Waals surface area contributed by atoms with E-state index in [4.69, 9.17) is 9.47 Å². The molecule has 0 fully saturated rings. The standard InChI is InChI=1S/C19H13BrO3/c20-18-9-5-4-8-17(18)19(21)23-16-12-10-15(11-13-16)22-14-6-2-1-3-7-14/h1-13H. The summed E-state index contributed by atoms with van der Waals surface area (Å²) in [4.78, 5) is 12.1. The number of hydrogen-bond donors (Lipinski definition) is 0. The predicted molar refractivity (Wildman–Crippen MR) is 92.1 cm³/mol. The number of carbonyl (C=O) groups excluding carboxylic acids is 1. The van der Waals surface area contributed by atoms with Gasteiger partial charge in [0.05, 0.1) is 5.56 Å². The van der Waals surface area contributed by atoms with Crippen molar-refractivity contribution >= 4 is 21.9 Å². The van der Waals surface area contributed by atoms with E-state index in [1.54, 1.807) is 42.5 Å². The second-order valence-corrected chi connectivity index (χ2v) is 5.61. The van der Waals surface area contributed by atoms with Crippen LogP contribution in [0.5, 0.6) is 17.2 Å². The highest BCUT2D eigenvalue weighted by Gasteiger charge is 2.11. The molecule has 0 N–H and O–H groups in total. The second kappa shape index (κ2) is 7.11. The van der Waals surface area contributed by atoms with Crippen LogP contribution in [-0.2, 0) is 0 Å². The Balaban J connectivity index is 1.68. The van der Waals surface area contributed by atoms with Gasteiger partial charge in [0, 0.05) is 4.47 Å². The van der Waals surface area contributed by atoms with E-state index in [9.17, 15) is 4.79 Å². The molecule has 0 spiro atoms. The average Bonchev–Trinajstić information content (AvgIpc) is 2.58. The fraction of sp³-hybridized carbons (Fsp3) is 0. The molecule has 0 heterocycles. The van der Waals surface area contributed by atoms with Crippen LogP contribution >= 0.6 is 15.9 Å². The van der Waals surface area contributed by atoms with Gasteiger partial charge in [-0.05, 0) is 64.5 Å². The van der Waals surface area contributed by atoms with Crippen molar-refractivity contribution in [3.05, 3.63) is 88.9 Å². The molecule has 3 aromatic rings. The molecule has 0 radical (unpaired) electrons. The summed E-state index contributed by atoms with van der Waals surface area (Å²) < 4.78 is 11.8. The van der Waals surface area contributed by atoms with Gasteiger partial charge in [0.2, 0.25) is 0 Å². The van der Waals surface area contributed by atoms with Crippen molar-refractivity contribution in [3.63, 3.8) is 0 Å². The third kappa shape index (κ3) is 3.99. The van der Waals surface area contributed by atoms with Crippen molar-refractivity contribution in [2.75, 3.05) is 0 Å². The van der Waals surface area contributed by atoms with E-state index in [0.29, 0.717) is 21.5 Å². The minimum atomic E-state index is -0.408. The van der Waals surface area contributed by atoms with E-state index >= 15 is 0 Å². The van der Waals surface area contributed by atoms with Gasteiger partial charge in [-0.3, -0.25) is 0 Å². The minimum Gasteiger partial charge on any atom is -0.457 e. The Morgan fingerprint density at radius 2 is 1.26 bits per heavy atom. The molecule has 3 aromatic carbocycles. The van der Waals surface area contributed by atoms with Gasteiger partial charge in [-0.25, -0.2) is 4.79 Å². The van der Waals surface area contributed by atoms with Gasteiger partial charge in [-0.15, -0.1) is 0 Å². The van der Waals surface area contributed by atoms with Crippen molar-refractivity contribution < 1.29 is 14.3 Å². The molecule has 0 amide bonds. The maximum absolute atomic E-state index is 12.1. The lowest BCUT2D eigenvalue weighted by molar-refractivity contribution is 0.0733. The maximum atomic E-state index is 12.1. The van der Waals surface area contributed by atoms with E-state index in [2.05, 4.69) is 15.9 Å². The van der Waals surface area contributed by atoms with Crippen LogP contribution in [0.2, 0.25) is 0 Å². The number of ether oxygens (including phenoxy) is 2. The van der Waals surface area contributed by atoms with E-state index in [1.165, 1.54) is 0 Å². The van der Waals surface area contributed by atoms with Crippen LogP contribution in [-0.4, -0.2) is 5.97 Å². The third-order valence-electron chi connectivity index (χ3n) is 3.11. The molecule has 0 unspecified atom stereocenters. The van der Waals surface area contributed by atoms with Crippen molar-refractivity contribution in [2.45, 2.75) is 0 Å². The molecule has 23 heavy (non-hydrogen) atoms. The van der Waals surface area contributed by atoms with Crippen LogP contribution in [0.1, 0.15) is 10.4 Å². The summed E-state index contributed by atoms with van der Waals surface area (Å²) in [6.07, 6.45) is 0. The Labute approximate surface area is 142 Å². The molecule has 0 atom stereocenters. The summed E-state index contributed by atoms with van der Waals surface area (Å²) in [7, 11) is 0. The molecule has 3 nitrogen and oxygen atoms in total. The molecular formula is C19H13BrO3. The second-order valence-electron chi connectivity index (χ2n) is 4.76. The number of benzene rings is 3. The highest BCUT2D eigenvalue weighted by atomic mass is 79.9. The first-order valence-electron chi connectivity index (χ1n) is 7.02. The molecule has 3 rings (SSSR count).